The second kappa shape index (κ2) is 7.28. The summed E-state index contributed by atoms with van der Waals surface area (Å²) >= 11 is 5.63. The van der Waals surface area contributed by atoms with Gasteiger partial charge in [0.25, 0.3) is 0 Å². The molecule has 0 saturated heterocycles. The van der Waals surface area contributed by atoms with E-state index in [1.54, 1.807) is 6.07 Å². The monoisotopic (exact) mass is 399 g/mol. The van der Waals surface area contributed by atoms with E-state index < -0.39 is 5.60 Å². The number of benzene rings is 2. The standard InChI is InChI=1S/C23H29NO3S/c1-12-13(2)19(25)8-7-18(12)24-20(28)11-23(6)10-9-17-16(5)21(26)14(3)15(4)22(17)27-23/h7-8,25-26H,9-11H2,1-6H3,(H,24,28). The number of nitrogens with one attached hydrogen (secondary N) is 1. The van der Waals surface area contributed by atoms with Crippen molar-refractivity contribution in [2.24, 2.45) is 0 Å². The van der Waals surface area contributed by atoms with Crippen molar-refractivity contribution in [3.63, 3.8) is 0 Å². The Morgan fingerprint density at radius 1 is 1.04 bits per heavy atom. The number of anilines is 1. The lowest BCUT2D eigenvalue weighted by Crippen LogP contribution is -2.40. The molecular weight excluding hydrogens is 370 g/mol. The number of aromatic hydroxyl groups is 2. The van der Waals surface area contributed by atoms with E-state index in [0.29, 0.717) is 17.2 Å². The summed E-state index contributed by atoms with van der Waals surface area (Å²) in [6.45, 7) is 11.8. The Hall–Kier alpha value is -2.27. The van der Waals surface area contributed by atoms with E-state index in [-0.39, 0.29) is 5.75 Å². The quantitative estimate of drug-likeness (QED) is 0.466. The average molecular weight is 400 g/mol. The maximum Gasteiger partial charge on any atom is 0.127 e. The Morgan fingerprint density at radius 2 is 1.71 bits per heavy atom. The number of ether oxygens (including phenoxy) is 1. The molecule has 150 valence electrons. The fraction of sp³-hybridized carbons (Fsp3) is 0.435. The van der Waals surface area contributed by atoms with E-state index in [0.717, 1.165) is 57.7 Å². The molecule has 1 heterocycles. The minimum atomic E-state index is -0.405. The van der Waals surface area contributed by atoms with Crippen molar-refractivity contribution in [1.82, 2.24) is 0 Å². The van der Waals surface area contributed by atoms with Crippen LogP contribution < -0.4 is 10.1 Å². The molecule has 1 aliphatic heterocycles. The molecule has 1 unspecified atom stereocenters. The zero-order valence-electron chi connectivity index (χ0n) is 17.5. The molecule has 4 nitrogen and oxygen atoms in total. The molecule has 0 aliphatic carbocycles. The van der Waals surface area contributed by atoms with Gasteiger partial charge in [0, 0.05) is 17.7 Å². The van der Waals surface area contributed by atoms with Gasteiger partial charge in [-0.1, -0.05) is 12.2 Å². The third-order valence-corrected chi connectivity index (χ3v) is 6.41. The van der Waals surface area contributed by atoms with Crippen molar-refractivity contribution < 1.29 is 14.9 Å². The van der Waals surface area contributed by atoms with Crippen molar-refractivity contribution in [3.05, 3.63) is 45.5 Å². The lowest BCUT2D eigenvalue weighted by Gasteiger charge is -2.38. The fourth-order valence-corrected chi connectivity index (χ4v) is 4.31. The maximum absolute atomic E-state index is 10.3. The number of phenols is 2. The third kappa shape index (κ3) is 3.55. The molecule has 28 heavy (non-hydrogen) atoms. The average Bonchev–Trinajstić information content (AvgIpc) is 2.64. The van der Waals surface area contributed by atoms with Gasteiger partial charge in [0.15, 0.2) is 0 Å². The fourth-order valence-electron chi connectivity index (χ4n) is 3.90. The van der Waals surface area contributed by atoms with E-state index in [2.05, 4.69) is 12.2 Å². The number of fused-ring (bicyclic) bond motifs is 1. The molecule has 0 bridgehead atoms. The molecule has 0 aromatic heterocycles. The Morgan fingerprint density at radius 3 is 2.39 bits per heavy atom. The molecule has 0 spiro atoms. The molecule has 0 radical (unpaired) electrons. The SMILES string of the molecule is Cc1c(O)ccc(NC(=S)CC2(C)CCc3c(C)c(O)c(C)c(C)c3O2)c1C. The summed E-state index contributed by atoms with van der Waals surface area (Å²) in [5, 5.41) is 23.5. The largest absolute Gasteiger partial charge is 0.508 e. The van der Waals surface area contributed by atoms with Crippen LogP contribution in [-0.2, 0) is 6.42 Å². The lowest BCUT2D eigenvalue weighted by molar-refractivity contribution is 0.0716. The van der Waals surface area contributed by atoms with Gasteiger partial charge in [-0.05, 0) is 94.3 Å². The van der Waals surface area contributed by atoms with Crippen LogP contribution in [0.4, 0.5) is 5.69 Å². The van der Waals surface area contributed by atoms with Gasteiger partial charge in [-0.25, -0.2) is 0 Å². The minimum Gasteiger partial charge on any atom is -0.508 e. The molecule has 0 fully saturated rings. The number of phenolic OH excluding ortho intramolecular Hbond substituents is 2. The number of thiocarbonyl (C=S) groups is 1. The number of rotatable bonds is 3. The molecular formula is C23H29NO3S. The van der Waals surface area contributed by atoms with Crippen molar-refractivity contribution in [1.29, 1.82) is 0 Å². The highest BCUT2D eigenvalue weighted by Crippen LogP contribution is 2.44. The summed E-state index contributed by atoms with van der Waals surface area (Å²) in [5.41, 5.74) is 6.22. The van der Waals surface area contributed by atoms with Crippen LogP contribution in [-0.4, -0.2) is 20.8 Å². The van der Waals surface area contributed by atoms with Gasteiger partial charge in [-0.15, -0.1) is 0 Å². The number of hydrogen-bond acceptors (Lipinski definition) is 4. The normalized spacial score (nSPS) is 18.4. The molecule has 2 aromatic rings. The van der Waals surface area contributed by atoms with Crippen LogP contribution in [0.2, 0.25) is 0 Å². The first-order valence-corrected chi connectivity index (χ1v) is 10.0. The summed E-state index contributed by atoms with van der Waals surface area (Å²) in [4.78, 5) is 0.712. The number of hydrogen-bond donors (Lipinski definition) is 3. The van der Waals surface area contributed by atoms with Crippen molar-refractivity contribution in [3.8, 4) is 17.2 Å². The van der Waals surface area contributed by atoms with Crippen LogP contribution in [0.3, 0.4) is 0 Å². The first kappa shape index (κ1) is 20.5. The third-order valence-electron chi connectivity index (χ3n) is 6.16. The second-order valence-electron chi connectivity index (χ2n) is 8.19. The summed E-state index contributed by atoms with van der Waals surface area (Å²) in [6.07, 6.45) is 2.28. The molecule has 0 saturated carbocycles. The van der Waals surface area contributed by atoms with Crippen LogP contribution in [0.15, 0.2) is 12.1 Å². The van der Waals surface area contributed by atoms with Gasteiger partial charge in [0.1, 0.15) is 22.8 Å². The van der Waals surface area contributed by atoms with Crippen LogP contribution in [0.1, 0.15) is 53.1 Å². The van der Waals surface area contributed by atoms with Crippen LogP contribution in [0.5, 0.6) is 17.2 Å². The van der Waals surface area contributed by atoms with Crippen LogP contribution in [0.25, 0.3) is 0 Å². The first-order chi connectivity index (χ1) is 13.0. The molecule has 1 aliphatic rings. The van der Waals surface area contributed by atoms with E-state index in [1.165, 1.54) is 0 Å². The van der Waals surface area contributed by atoms with Gasteiger partial charge >= 0.3 is 0 Å². The molecule has 5 heteroatoms. The summed E-state index contributed by atoms with van der Waals surface area (Å²) in [5.74, 6) is 1.55. The van der Waals surface area contributed by atoms with Gasteiger partial charge in [-0.3, -0.25) is 0 Å². The van der Waals surface area contributed by atoms with E-state index in [4.69, 9.17) is 17.0 Å². The van der Waals surface area contributed by atoms with Gasteiger partial charge < -0.3 is 20.3 Å². The molecule has 2 aromatic carbocycles. The molecule has 1 atom stereocenters. The molecule has 3 N–H and O–H groups in total. The van der Waals surface area contributed by atoms with Crippen molar-refractivity contribution >= 4 is 22.9 Å². The Bertz CT molecular complexity index is 967. The van der Waals surface area contributed by atoms with Crippen LogP contribution in [0, 0.1) is 34.6 Å². The summed E-state index contributed by atoms with van der Waals surface area (Å²) < 4.78 is 6.47. The first-order valence-electron chi connectivity index (χ1n) is 9.63. The highest BCUT2D eigenvalue weighted by atomic mass is 32.1. The van der Waals surface area contributed by atoms with Gasteiger partial charge in [0.05, 0.1) is 4.99 Å². The van der Waals surface area contributed by atoms with E-state index in [1.807, 2.05) is 40.7 Å². The topological polar surface area (TPSA) is 61.7 Å². The molecule has 3 rings (SSSR count). The van der Waals surface area contributed by atoms with Crippen molar-refractivity contribution in [2.45, 2.75) is 66.4 Å². The zero-order valence-corrected chi connectivity index (χ0v) is 18.3. The zero-order chi connectivity index (χ0) is 20.8. The van der Waals surface area contributed by atoms with E-state index >= 15 is 0 Å². The molecule has 0 amide bonds. The smallest absolute Gasteiger partial charge is 0.127 e. The highest BCUT2D eigenvalue weighted by molar-refractivity contribution is 7.80. The maximum atomic E-state index is 10.3. The van der Waals surface area contributed by atoms with Crippen molar-refractivity contribution in [2.75, 3.05) is 5.32 Å². The van der Waals surface area contributed by atoms with Gasteiger partial charge in [0.2, 0.25) is 0 Å². The lowest BCUT2D eigenvalue weighted by atomic mass is 9.85. The van der Waals surface area contributed by atoms with Gasteiger partial charge in [-0.2, -0.15) is 0 Å². The predicted molar refractivity (Wildman–Crippen MR) is 118 cm³/mol. The summed E-state index contributed by atoms with van der Waals surface area (Å²) in [7, 11) is 0. The highest BCUT2D eigenvalue weighted by Gasteiger charge is 2.35. The second-order valence-corrected chi connectivity index (χ2v) is 8.68. The Kier molecular flexibility index (Phi) is 5.32. The van der Waals surface area contributed by atoms with Crippen LogP contribution >= 0.6 is 12.2 Å². The summed E-state index contributed by atoms with van der Waals surface area (Å²) in [6, 6.07) is 3.53. The minimum absolute atomic E-state index is 0.289. The van der Waals surface area contributed by atoms with E-state index in [9.17, 15) is 10.2 Å². The Balaban J connectivity index is 1.81. The predicted octanol–water partition coefficient (Wildman–Crippen LogP) is 5.55. The Labute approximate surface area is 172 Å².